The number of benzene rings is 3. The lowest BCUT2D eigenvalue weighted by Gasteiger charge is -2.10. The van der Waals surface area contributed by atoms with E-state index in [-0.39, 0.29) is 13.0 Å². The molecule has 0 radical (unpaired) electrons. The number of aliphatic carboxylic acids is 1. The number of aryl methyl sites for hydroxylation is 2. The molecule has 4 aromatic rings. The Morgan fingerprint density at radius 1 is 1.06 bits per heavy atom. The molecule has 4 rings (SSSR count). The summed E-state index contributed by atoms with van der Waals surface area (Å²) in [6, 6.07) is 16.0. The quantitative estimate of drug-likeness (QED) is 0.375. The van der Waals surface area contributed by atoms with E-state index in [0.717, 1.165) is 34.2 Å². The maximum atomic E-state index is 12.8. The Hall–Kier alpha value is -3.81. The fourth-order valence-electron chi connectivity index (χ4n) is 3.60. The highest BCUT2D eigenvalue weighted by Gasteiger charge is 2.30. The van der Waals surface area contributed by atoms with Crippen LogP contribution in [0.1, 0.15) is 28.7 Å². The highest BCUT2D eigenvalue weighted by atomic mass is 19.4. The third-order valence-electron chi connectivity index (χ3n) is 5.40. The zero-order valence-corrected chi connectivity index (χ0v) is 17.8. The number of aromatic nitrogens is 2. The first-order chi connectivity index (χ1) is 15.7. The van der Waals surface area contributed by atoms with Crippen molar-refractivity contribution < 1.29 is 27.8 Å². The maximum Gasteiger partial charge on any atom is 0.416 e. The summed E-state index contributed by atoms with van der Waals surface area (Å²) < 4.78 is 46.0. The summed E-state index contributed by atoms with van der Waals surface area (Å²) in [6.07, 6.45) is -2.08. The van der Waals surface area contributed by atoms with Crippen molar-refractivity contribution >= 4 is 16.9 Å². The van der Waals surface area contributed by atoms with Crippen LogP contribution in [0.15, 0.2) is 66.9 Å². The Kier molecular flexibility index (Phi) is 6.09. The summed E-state index contributed by atoms with van der Waals surface area (Å²) in [5.74, 6) is -0.177. The van der Waals surface area contributed by atoms with E-state index >= 15 is 0 Å². The van der Waals surface area contributed by atoms with Gasteiger partial charge in [0.25, 0.3) is 0 Å². The van der Waals surface area contributed by atoms with Crippen molar-refractivity contribution in [3.63, 3.8) is 0 Å². The molecule has 0 unspecified atom stereocenters. The minimum Gasteiger partial charge on any atom is -0.489 e. The van der Waals surface area contributed by atoms with Crippen LogP contribution < -0.4 is 4.74 Å². The van der Waals surface area contributed by atoms with Crippen molar-refractivity contribution in [1.82, 2.24) is 9.78 Å². The average Bonchev–Trinajstić information content (AvgIpc) is 3.21. The first-order valence-electron chi connectivity index (χ1n) is 10.3. The molecule has 0 fully saturated rings. The summed E-state index contributed by atoms with van der Waals surface area (Å²) in [5, 5.41) is 14.3. The van der Waals surface area contributed by atoms with E-state index in [4.69, 9.17) is 9.84 Å². The molecule has 0 aliphatic carbocycles. The van der Waals surface area contributed by atoms with Gasteiger partial charge in [0.15, 0.2) is 0 Å². The van der Waals surface area contributed by atoms with Gasteiger partial charge in [0.1, 0.15) is 12.4 Å². The molecule has 1 aromatic heterocycles. The van der Waals surface area contributed by atoms with Crippen LogP contribution in [0.4, 0.5) is 13.2 Å². The van der Waals surface area contributed by atoms with E-state index in [2.05, 4.69) is 5.10 Å². The van der Waals surface area contributed by atoms with E-state index in [1.165, 1.54) is 12.1 Å². The normalized spacial score (nSPS) is 11.6. The minimum atomic E-state index is -4.38. The Bertz CT molecular complexity index is 1290. The molecular weight excluding hydrogens is 433 g/mol. The molecule has 8 heteroatoms. The van der Waals surface area contributed by atoms with E-state index < -0.39 is 17.7 Å². The van der Waals surface area contributed by atoms with Crippen molar-refractivity contribution in [2.24, 2.45) is 0 Å². The van der Waals surface area contributed by atoms with Crippen LogP contribution in [0.2, 0.25) is 0 Å². The second-order valence-corrected chi connectivity index (χ2v) is 7.74. The Labute approximate surface area is 188 Å². The molecule has 0 aliphatic heterocycles. The summed E-state index contributed by atoms with van der Waals surface area (Å²) in [7, 11) is 0. The lowest BCUT2D eigenvalue weighted by molar-refractivity contribution is -0.138. The van der Waals surface area contributed by atoms with Crippen LogP contribution in [0.3, 0.4) is 0 Å². The molecule has 1 heterocycles. The molecule has 0 aliphatic rings. The van der Waals surface area contributed by atoms with Gasteiger partial charge in [0, 0.05) is 23.6 Å². The molecule has 33 heavy (non-hydrogen) atoms. The number of rotatable bonds is 7. The number of carboxylic acids is 1. The molecular formula is C25H21F3N2O3. The van der Waals surface area contributed by atoms with E-state index in [9.17, 15) is 18.0 Å². The largest absolute Gasteiger partial charge is 0.489 e. The van der Waals surface area contributed by atoms with E-state index in [0.29, 0.717) is 23.4 Å². The molecule has 3 aromatic carbocycles. The summed E-state index contributed by atoms with van der Waals surface area (Å²) in [5.41, 5.74) is 3.28. The van der Waals surface area contributed by atoms with Crippen LogP contribution in [0, 0.1) is 6.92 Å². The van der Waals surface area contributed by atoms with Crippen LogP contribution in [0.5, 0.6) is 5.75 Å². The van der Waals surface area contributed by atoms with Crippen molar-refractivity contribution in [3.05, 3.63) is 89.1 Å². The number of fused-ring (bicyclic) bond motifs is 1. The van der Waals surface area contributed by atoms with Crippen molar-refractivity contribution in [3.8, 4) is 11.4 Å². The van der Waals surface area contributed by atoms with Gasteiger partial charge < -0.3 is 9.84 Å². The summed E-state index contributed by atoms with van der Waals surface area (Å²) in [6.45, 7) is 2.17. The van der Waals surface area contributed by atoms with Gasteiger partial charge in [-0.15, -0.1) is 0 Å². The van der Waals surface area contributed by atoms with Crippen LogP contribution in [0.25, 0.3) is 16.6 Å². The number of hydrogen-bond donors (Lipinski definition) is 1. The van der Waals surface area contributed by atoms with Gasteiger partial charge in [-0.2, -0.15) is 18.3 Å². The monoisotopic (exact) mass is 454 g/mol. The van der Waals surface area contributed by atoms with Gasteiger partial charge in [-0.1, -0.05) is 24.3 Å². The molecule has 170 valence electrons. The predicted octanol–water partition coefficient (Wildman–Crippen LogP) is 5.95. The van der Waals surface area contributed by atoms with Crippen molar-refractivity contribution in [1.29, 1.82) is 0 Å². The number of carbonyl (C=O) groups is 1. The number of alkyl halides is 3. The zero-order valence-electron chi connectivity index (χ0n) is 17.8. The zero-order chi connectivity index (χ0) is 23.6. The highest BCUT2D eigenvalue weighted by Crippen LogP contribution is 2.30. The summed E-state index contributed by atoms with van der Waals surface area (Å²) in [4.78, 5) is 10.8. The topological polar surface area (TPSA) is 64.4 Å². The number of hydrogen-bond acceptors (Lipinski definition) is 3. The standard InChI is InChI=1S/C25H21F3N2O3/c1-16-13-22(11-5-17(16)6-12-23(31)32)33-15-19-4-2-3-18-14-30(29-24(18)19)21-9-7-20(8-10-21)25(26,27)28/h2-5,7-11,13-14H,6,12,15H2,1H3,(H,31,32). The lowest BCUT2D eigenvalue weighted by Crippen LogP contribution is -2.05. The SMILES string of the molecule is Cc1cc(OCc2cccc3cn(-c4ccc(C(F)(F)F)cc4)nc23)ccc1CCC(=O)O. The van der Waals surface area contributed by atoms with Gasteiger partial charge >= 0.3 is 12.1 Å². The van der Waals surface area contributed by atoms with Gasteiger partial charge in [-0.05, 0) is 60.9 Å². The third-order valence-corrected chi connectivity index (χ3v) is 5.40. The second kappa shape index (κ2) is 8.97. The Morgan fingerprint density at radius 3 is 2.48 bits per heavy atom. The van der Waals surface area contributed by atoms with Gasteiger partial charge in [0.05, 0.1) is 16.8 Å². The molecule has 0 bridgehead atoms. The fraction of sp³-hybridized carbons (Fsp3) is 0.200. The number of carboxylic acid groups (broad SMARTS) is 1. The number of halogens is 3. The smallest absolute Gasteiger partial charge is 0.416 e. The maximum absolute atomic E-state index is 12.8. The van der Waals surface area contributed by atoms with Crippen LogP contribution >= 0.6 is 0 Å². The number of nitrogens with zero attached hydrogens (tertiary/aromatic N) is 2. The molecule has 0 atom stereocenters. The average molecular weight is 454 g/mol. The van der Waals surface area contributed by atoms with Crippen LogP contribution in [-0.2, 0) is 24.0 Å². The number of ether oxygens (including phenoxy) is 1. The molecule has 0 spiro atoms. The first-order valence-corrected chi connectivity index (χ1v) is 10.3. The second-order valence-electron chi connectivity index (χ2n) is 7.74. The molecule has 0 amide bonds. The molecule has 0 saturated carbocycles. The predicted molar refractivity (Wildman–Crippen MR) is 118 cm³/mol. The molecule has 5 nitrogen and oxygen atoms in total. The van der Waals surface area contributed by atoms with Crippen molar-refractivity contribution in [2.45, 2.75) is 32.5 Å². The lowest BCUT2D eigenvalue weighted by atomic mass is 10.0. The third kappa shape index (κ3) is 5.16. The Morgan fingerprint density at radius 2 is 1.82 bits per heavy atom. The molecule has 0 saturated heterocycles. The fourth-order valence-corrected chi connectivity index (χ4v) is 3.60. The van der Waals surface area contributed by atoms with E-state index in [1.54, 1.807) is 10.9 Å². The van der Waals surface area contributed by atoms with Gasteiger partial charge in [-0.3, -0.25) is 4.79 Å². The van der Waals surface area contributed by atoms with Crippen LogP contribution in [-0.4, -0.2) is 20.9 Å². The first kappa shape index (κ1) is 22.4. The minimum absolute atomic E-state index is 0.0740. The van der Waals surface area contributed by atoms with Gasteiger partial charge in [0.2, 0.25) is 0 Å². The molecule has 1 N–H and O–H groups in total. The Balaban J connectivity index is 1.52. The van der Waals surface area contributed by atoms with Gasteiger partial charge in [-0.25, -0.2) is 4.68 Å². The van der Waals surface area contributed by atoms with Crippen molar-refractivity contribution in [2.75, 3.05) is 0 Å². The van der Waals surface area contributed by atoms with E-state index in [1.807, 2.05) is 43.3 Å². The summed E-state index contributed by atoms with van der Waals surface area (Å²) >= 11 is 0. The highest BCUT2D eigenvalue weighted by molar-refractivity contribution is 5.81.